The van der Waals surface area contributed by atoms with Crippen LogP contribution in [0.1, 0.15) is 37.0 Å². The minimum absolute atomic E-state index is 0.246. The predicted molar refractivity (Wildman–Crippen MR) is 72.1 cm³/mol. The molecule has 0 heterocycles. The maximum atomic E-state index is 12.3. The van der Waals surface area contributed by atoms with Crippen LogP contribution in [-0.4, -0.2) is 12.3 Å². The van der Waals surface area contributed by atoms with Crippen LogP contribution in [-0.2, 0) is 11.2 Å². The van der Waals surface area contributed by atoms with Crippen LogP contribution in [0.25, 0.3) is 0 Å². The first-order valence-corrected chi connectivity index (χ1v) is 6.22. The van der Waals surface area contributed by atoms with Gasteiger partial charge in [-0.2, -0.15) is 0 Å². The van der Waals surface area contributed by atoms with Crippen molar-refractivity contribution in [2.45, 2.75) is 40.5 Å². The Morgan fingerprint density at radius 2 is 2.00 bits per heavy atom. The molecule has 0 spiro atoms. The van der Waals surface area contributed by atoms with Crippen LogP contribution in [0, 0.1) is 19.3 Å². The van der Waals surface area contributed by atoms with E-state index in [0.29, 0.717) is 13.0 Å². The van der Waals surface area contributed by atoms with Crippen molar-refractivity contribution in [1.29, 1.82) is 0 Å². The van der Waals surface area contributed by atoms with Gasteiger partial charge in [0, 0.05) is 18.4 Å². The van der Waals surface area contributed by atoms with Crippen molar-refractivity contribution in [2.75, 3.05) is 6.54 Å². The first kappa shape index (κ1) is 13.9. The van der Waals surface area contributed by atoms with Crippen LogP contribution >= 0.6 is 0 Å². The van der Waals surface area contributed by atoms with Gasteiger partial charge in [0.1, 0.15) is 5.78 Å². The molecular formula is C15H23NO. The zero-order chi connectivity index (χ0) is 13.1. The summed E-state index contributed by atoms with van der Waals surface area (Å²) < 4.78 is 0. The van der Waals surface area contributed by atoms with Gasteiger partial charge in [0.05, 0.1) is 0 Å². The number of carbonyl (C=O) groups is 1. The van der Waals surface area contributed by atoms with Gasteiger partial charge in [-0.3, -0.25) is 4.79 Å². The number of benzene rings is 1. The maximum Gasteiger partial charge on any atom is 0.144 e. The Hall–Kier alpha value is -1.15. The number of ketones is 1. The summed E-state index contributed by atoms with van der Waals surface area (Å²) in [4.78, 5) is 12.3. The van der Waals surface area contributed by atoms with Gasteiger partial charge in [-0.25, -0.2) is 0 Å². The summed E-state index contributed by atoms with van der Waals surface area (Å²) in [5.74, 6) is 0.246. The molecule has 0 aliphatic heterocycles. The lowest BCUT2D eigenvalue weighted by atomic mass is 9.80. The Morgan fingerprint density at radius 3 is 2.53 bits per heavy atom. The standard InChI is InChI=1S/C15H23NO/c1-5-15(4,10-16)14(17)9-13-8-11(2)6-7-12(13)3/h6-8H,5,9-10,16H2,1-4H3. The zero-order valence-corrected chi connectivity index (χ0v) is 11.3. The van der Waals surface area contributed by atoms with Crippen LogP contribution in [0.5, 0.6) is 0 Å². The molecule has 1 aromatic carbocycles. The quantitative estimate of drug-likeness (QED) is 0.849. The molecule has 1 atom stereocenters. The van der Waals surface area contributed by atoms with E-state index in [4.69, 9.17) is 5.73 Å². The Labute approximate surface area is 104 Å². The van der Waals surface area contributed by atoms with Crippen molar-refractivity contribution >= 4 is 5.78 Å². The highest BCUT2D eigenvalue weighted by Crippen LogP contribution is 2.24. The minimum atomic E-state index is -0.379. The van der Waals surface area contributed by atoms with Crippen molar-refractivity contribution in [3.8, 4) is 0 Å². The molecule has 0 saturated carbocycles. The number of hydrogen-bond donors (Lipinski definition) is 1. The molecule has 1 rings (SSSR count). The lowest BCUT2D eigenvalue weighted by molar-refractivity contribution is -0.126. The van der Waals surface area contributed by atoms with Crippen molar-refractivity contribution in [1.82, 2.24) is 0 Å². The average Bonchev–Trinajstić information content (AvgIpc) is 2.32. The second-order valence-corrected chi connectivity index (χ2v) is 5.15. The summed E-state index contributed by atoms with van der Waals surface area (Å²) in [6.07, 6.45) is 1.29. The van der Waals surface area contributed by atoms with E-state index in [0.717, 1.165) is 12.0 Å². The topological polar surface area (TPSA) is 43.1 Å². The smallest absolute Gasteiger partial charge is 0.144 e. The van der Waals surface area contributed by atoms with Gasteiger partial charge in [-0.1, -0.05) is 37.6 Å². The monoisotopic (exact) mass is 233 g/mol. The fraction of sp³-hybridized carbons (Fsp3) is 0.533. The highest BCUT2D eigenvalue weighted by Gasteiger charge is 2.29. The Balaban J connectivity index is 2.91. The number of nitrogens with two attached hydrogens (primary N) is 1. The van der Waals surface area contributed by atoms with Crippen molar-refractivity contribution in [3.05, 3.63) is 34.9 Å². The summed E-state index contributed by atoms with van der Waals surface area (Å²) in [5.41, 5.74) is 8.85. The summed E-state index contributed by atoms with van der Waals surface area (Å²) in [7, 11) is 0. The molecule has 94 valence electrons. The van der Waals surface area contributed by atoms with Gasteiger partial charge in [0.15, 0.2) is 0 Å². The molecule has 2 N–H and O–H groups in total. The molecule has 0 bridgehead atoms. The average molecular weight is 233 g/mol. The van der Waals surface area contributed by atoms with Gasteiger partial charge in [-0.15, -0.1) is 0 Å². The van der Waals surface area contributed by atoms with Gasteiger partial charge < -0.3 is 5.73 Å². The lowest BCUT2D eigenvalue weighted by Gasteiger charge is -2.25. The minimum Gasteiger partial charge on any atom is -0.329 e. The van der Waals surface area contributed by atoms with Crippen molar-refractivity contribution < 1.29 is 4.79 Å². The van der Waals surface area contributed by atoms with Crippen LogP contribution in [0.2, 0.25) is 0 Å². The Morgan fingerprint density at radius 1 is 1.35 bits per heavy atom. The van der Waals surface area contributed by atoms with Gasteiger partial charge in [0.25, 0.3) is 0 Å². The molecule has 17 heavy (non-hydrogen) atoms. The molecule has 0 radical (unpaired) electrons. The Kier molecular flexibility index (Phi) is 4.47. The number of aryl methyl sites for hydroxylation is 2. The van der Waals surface area contributed by atoms with E-state index in [-0.39, 0.29) is 11.2 Å². The van der Waals surface area contributed by atoms with E-state index >= 15 is 0 Å². The van der Waals surface area contributed by atoms with E-state index in [9.17, 15) is 4.79 Å². The third-order valence-corrected chi connectivity index (χ3v) is 3.76. The van der Waals surface area contributed by atoms with Gasteiger partial charge in [0.2, 0.25) is 0 Å². The molecule has 0 aromatic heterocycles. The number of Topliss-reactive ketones (excluding diaryl/α,β-unsaturated/α-hetero) is 1. The summed E-state index contributed by atoms with van der Waals surface area (Å²) in [6, 6.07) is 6.24. The van der Waals surface area contributed by atoms with E-state index in [1.165, 1.54) is 11.1 Å². The van der Waals surface area contributed by atoms with Gasteiger partial charge in [-0.05, 0) is 31.4 Å². The Bertz CT molecular complexity index is 405. The summed E-state index contributed by atoms with van der Waals surface area (Å²) in [6.45, 7) is 8.50. The third-order valence-electron chi connectivity index (χ3n) is 3.76. The lowest BCUT2D eigenvalue weighted by Crippen LogP contribution is -2.36. The van der Waals surface area contributed by atoms with Crippen LogP contribution in [0.3, 0.4) is 0 Å². The fourth-order valence-corrected chi connectivity index (χ4v) is 1.83. The number of rotatable bonds is 5. The highest BCUT2D eigenvalue weighted by molar-refractivity contribution is 5.87. The summed E-state index contributed by atoms with van der Waals surface area (Å²) in [5, 5.41) is 0. The second kappa shape index (κ2) is 5.46. The molecular weight excluding hydrogens is 210 g/mol. The number of carbonyl (C=O) groups excluding carboxylic acids is 1. The van der Waals surface area contributed by atoms with Crippen LogP contribution in [0.15, 0.2) is 18.2 Å². The molecule has 0 amide bonds. The van der Waals surface area contributed by atoms with E-state index < -0.39 is 0 Å². The van der Waals surface area contributed by atoms with Crippen LogP contribution < -0.4 is 5.73 Å². The predicted octanol–water partition coefficient (Wildman–Crippen LogP) is 2.79. The highest BCUT2D eigenvalue weighted by atomic mass is 16.1. The molecule has 0 aliphatic rings. The van der Waals surface area contributed by atoms with E-state index in [1.807, 2.05) is 20.8 Å². The first-order chi connectivity index (χ1) is 7.92. The zero-order valence-electron chi connectivity index (χ0n) is 11.3. The molecule has 0 aliphatic carbocycles. The second-order valence-electron chi connectivity index (χ2n) is 5.15. The molecule has 2 nitrogen and oxygen atoms in total. The van der Waals surface area contributed by atoms with E-state index in [1.54, 1.807) is 0 Å². The SMILES string of the molecule is CCC(C)(CN)C(=O)Cc1cc(C)ccc1C. The third kappa shape index (κ3) is 3.16. The first-order valence-electron chi connectivity index (χ1n) is 6.22. The molecule has 1 aromatic rings. The largest absolute Gasteiger partial charge is 0.329 e. The van der Waals surface area contributed by atoms with Crippen molar-refractivity contribution in [2.24, 2.45) is 11.1 Å². The number of hydrogen-bond acceptors (Lipinski definition) is 2. The molecule has 0 saturated heterocycles. The molecule has 2 heteroatoms. The normalized spacial score (nSPS) is 14.4. The summed E-state index contributed by atoms with van der Waals surface area (Å²) >= 11 is 0. The fourth-order valence-electron chi connectivity index (χ4n) is 1.83. The molecule has 1 unspecified atom stereocenters. The molecule has 0 fully saturated rings. The van der Waals surface area contributed by atoms with E-state index in [2.05, 4.69) is 25.1 Å². The van der Waals surface area contributed by atoms with Crippen LogP contribution in [0.4, 0.5) is 0 Å². The maximum absolute atomic E-state index is 12.3. The van der Waals surface area contributed by atoms with Crippen molar-refractivity contribution in [3.63, 3.8) is 0 Å². The van der Waals surface area contributed by atoms with Gasteiger partial charge >= 0.3 is 0 Å².